The summed E-state index contributed by atoms with van der Waals surface area (Å²) >= 11 is 0. The van der Waals surface area contributed by atoms with E-state index in [-0.39, 0.29) is 17.8 Å². The quantitative estimate of drug-likeness (QED) is 0.754. The number of hydrogen-bond acceptors (Lipinski definition) is 4. The van der Waals surface area contributed by atoms with Crippen LogP contribution in [0, 0.1) is 11.8 Å². The molecule has 0 unspecified atom stereocenters. The zero-order valence-corrected chi connectivity index (χ0v) is 11.5. The fourth-order valence-electron chi connectivity index (χ4n) is 2.35. The van der Waals surface area contributed by atoms with E-state index in [1.165, 1.54) is 7.11 Å². The summed E-state index contributed by atoms with van der Waals surface area (Å²) in [6.07, 6.45) is 2.05. The number of piperidine rings is 1. The van der Waals surface area contributed by atoms with Crippen molar-refractivity contribution in [1.29, 1.82) is 0 Å². The summed E-state index contributed by atoms with van der Waals surface area (Å²) in [6, 6.07) is -0.417. The number of amides is 1. The minimum atomic E-state index is -0.417. The first-order valence-electron chi connectivity index (χ1n) is 6.58. The molecule has 1 saturated heterocycles. The summed E-state index contributed by atoms with van der Waals surface area (Å²) in [5, 5.41) is 0. The van der Waals surface area contributed by atoms with Gasteiger partial charge in [-0.3, -0.25) is 9.59 Å². The van der Waals surface area contributed by atoms with Gasteiger partial charge in [-0.05, 0) is 25.2 Å². The first-order chi connectivity index (χ1) is 8.45. The highest BCUT2D eigenvalue weighted by Crippen LogP contribution is 2.19. The third-order valence-electron chi connectivity index (χ3n) is 3.38. The van der Waals surface area contributed by atoms with Crippen LogP contribution in [0.2, 0.25) is 0 Å². The molecule has 5 heteroatoms. The summed E-state index contributed by atoms with van der Waals surface area (Å²) in [4.78, 5) is 25.2. The summed E-state index contributed by atoms with van der Waals surface area (Å²) in [5.74, 6) is 0.178. The van der Waals surface area contributed by atoms with Crippen LogP contribution < -0.4 is 5.73 Å². The zero-order valence-electron chi connectivity index (χ0n) is 11.5. The molecule has 0 radical (unpaired) electrons. The fourth-order valence-corrected chi connectivity index (χ4v) is 2.35. The number of nitrogens with two attached hydrogens (primary N) is 1. The normalized spacial score (nSPS) is 18.8. The minimum Gasteiger partial charge on any atom is -0.469 e. The lowest BCUT2D eigenvalue weighted by Crippen LogP contribution is -2.48. The van der Waals surface area contributed by atoms with E-state index in [0.29, 0.717) is 38.3 Å². The molecule has 18 heavy (non-hydrogen) atoms. The van der Waals surface area contributed by atoms with Crippen molar-refractivity contribution in [2.45, 2.75) is 39.2 Å². The summed E-state index contributed by atoms with van der Waals surface area (Å²) in [5.41, 5.74) is 5.89. The number of methoxy groups -OCH3 is 1. The lowest BCUT2D eigenvalue weighted by molar-refractivity contribution is -0.149. The molecule has 0 aromatic heterocycles. The Bertz CT molecular complexity index is 297. The second kappa shape index (κ2) is 6.73. The molecule has 104 valence electrons. The molecule has 0 spiro atoms. The van der Waals surface area contributed by atoms with Crippen LogP contribution in [-0.2, 0) is 14.3 Å². The average molecular weight is 256 g/mol. The third kappa shape index (κ3) is 3.98. The first-order valence-corrected chi connectivity index (χ1v) is 6.58. The molecule has 0 aliphatic carbocycles. The first kappa shape index (κ1) is 15.0. The Morgan fingerprint density at radius 1 is 1.33 bits per heavy atom. The van der Waals surface area contributed by atoms with Crippen LogP contribution in [0.15, 0.2) is 0 Å². The smallest absolute Gasteiger partial charge is 0.308 e. The van der Waals surface area contributed by atoms with Gasteiger partial charge in [-0.25, -0.2) is 0 Å². The van der Waals surface area contributed by atoms with E-state index in [1.807, 2.05) is 0 Å². The van der Waals surface area contributed by atoms with Crippen molar-refractivity contribution in [3.8, 4) is 0 Å². The number of likely N-dealkylation sites (tertiary alicyclic amines) is 1. The minimum absolute atomic E-state index is 0.00650. The van der Waals surface area contributed by atoms with Crippen LogP contribution in [0.4, 0.5) is 0 Å². The van der Waals surface area contributed by atoms with E-state index in [0.717, 1.165) is 0 Å². The molecule has 0 saturated carbocycles. The summed E-state index contributed by atoms with van der Waals surface area (Å²) in [6.45, 7) is 5.31. The molecule has 1 amide bonds. The van der Waals surface area contributed by atoms with E-state index in [1.54, 1.807) is 4.90 Å². The summed E-state index contributed by atoms with van der Waals surface area (Å²) < 4.78 is 4.72. The standard InChI is InChI=1S/C13H24N2O3/c1-9(2)8-11(14)12(16)15-6-4-10(5-7-15)13(17)18-3/h9-11H,4-8,14H2,1-3H3/t11-/m0/s1. The number of ether oxygens (including phenoxy) is 1. The lowest BCUT2D eigenvalue weighted by atomic mass is 9.95. The van der Waals surface area contributed by atoms with Gasteiger partial charge in [-0.1, -0.05) is 13.8 Å². The number of nitrogens with zero attached hydrogens (tertiary/aromatic N) is 1. The molecule has 1 atom stereocenters. The Labute approximate surface area is 109 Å². The Balaban J connectivity index is 2.42. The molecule has 1 fully saturated rings. The topological polar surface area (TPSA) is 72.6 Å². The van der Waals surface area contributed by atoms with E-state index in [9.17, 15) is 9.59 Å². The molecule has 0 bridgehead atoms. The monoisotopic (exact) mass is 256 g/mol. The molecule has 0 aromatic rings. The molecule has 0 aromatic carbocycles. The molecular weight excluding hydrogens is 232 g/mol. The van der Waals surface area contributed by atoms with E-state index in [4.69, 9.17) is 10.5 Å². The van der Waals surface area contributed by atoms with Gasteiger partial charge in [-0.15, -0.1) is 0 Å². The maximum Gasteiger partial charge on any atom is 0.308 e. The Kier molecular flexibility index (Phi) is 5.59. The second-order valence-corrected chi connectivity index (χ2v) is 5.36. The van der Waals surface area contributed by atoms with E-state index < -0.39 is 6.04 Å². The Morgan fingerprint density at radius 3 is 2.33 bits per heavy atom. The van der Waals surface area contributed by atoms with Crippen molar-refractivity contribution in [3.63, 3.8) is 0 Å². The van der Waals surface area contributed by atoms with Crippen LogP contribution in [0.5, 0.6) is 0 Å². The predicted octanol–water partition coefficient (Wildman–Crippen LogP) is 0.771. The van der Waals surface area contributed by atoms with Gasteiger partial charge in [0.2, 0.25) is 5.91 Å². The van der Waals surface area contributed by atoms with Crippen LogP contribution in [-0.4, -0.2) is 43.0 Å². The number of carbonyl (C=O) groups excluding carboxylic acids is 2. The van der Waals surface area contributed by atoms with Gasteiger partial charge in [0.1, 0.15) is 0 Å². The van der Waals surface area contributed by atoms with Crippen LogP contribution in [0.1, 0.15) is 33.1 Å². The SMILES string of the molecule is COC(=O)C1CCN(C(=O)[C@@H](N)CC(C)C)CC1. The van der Waals surface area contributed by atoms with E-state index >= 15 is 0 Å². The molecular formula is C13H24N2O3. The van der Waals surface area contributed by atoms with Crippen LogP contribution >= 0.6 is 0 Å². The van der Waals surface area contributed by atoms with Gasteiger partial charge < -0.3 is 15.4 Å². The van der Waals surface area contributed by atoms with Crippen molar-refractivity contribution in [2.24, 2.45) is 17.6 Å². The van der Waals surface area contributed by atoms with Gasteiger partial charge in [-0.2, -0.15) is 0 Å². The Hall–Kier alpha value is -1.10. The van der Waals surface area contributed by atoms with Gasteiger partial charge >= 0.3 is 5.97 Å². The van der Waals surface area contributed by atoms with Crippen LogP contribution in [0.3, 0.4) is 0 Å². The zero-order chi connectivity index (χ0) is 13.7. The maximum atomic E-state index is 12.1. The number of carbonyl (C=O) groups is 2. The Morgan fingerprint density at radius 2 is 1.89 bits per heavy atom. The molecule has 1 aliphatic rings. The van der Waals surface area contributed by atoms with Crippen molar-refractivity contribution in [2.75, 3.05) is 20.2 Å². The highest BCUT2D eigenvalue weighted by Gasteiger charge is 2.29. The van der Waals surface area contributed by atoms with E-state index in [2.05, 4.69) is 13.8 Å². The number of esters is 1. The number of rotatable bonds is 4. The molecule has 1 aliphatic heterocycles. The fraction of sp³-hybridized carbons (Fsp3) is 0.846. The highest BCUT2D eigenvalue weighted by molar-refractivity contribution is 5.82. The second-order valence-electron chi connectivity index (χ2n) is 5.36. The molecule has 2 N–H and O–H groups in total. The van der Waals surface area contributed by atoms with Crippen molar-refractivity contribution < 1.29 is 14.3 Å². The largest absolute Gasteiger partial charge is 0.469 e. The van der Waals surface area contributed by atoms with Crippen molar-refractivity contribution in [3.05, 3.63) is 0 Å². The van der Waals surface area contributed by atoms with Gasteiger partial charge in [0.15, 0.2) is 0 Å². The number of hydrogen-bond donors (Lipinski definition) is 1. The predicted molar refractivity (Wildman–Crippen MR) is 68.8 cm³/mol. The molecule has 5 nitrogen and oxygen atoms in total. The average Bonchev–Trinajstić information content (AvgIpc) is 2.36. The van der Waals surface area contributed by atoms with Gasteiger partial charge in [0, 0.05) is 13.1 Å². The third-order valence-corrected chi connectivity index (χ3v) is 3.38. The van der Waals surface area contributed by atoms with Crippen molar-refractivity contribution in [1.82, 2.24) is 4.90 Å². The summed E-state index contributed by atoms with van der Waals surface area (Å²) in [7, 11) is 1.40. The van der Waals surface area contributed by atoms with Crippen LogP contribution in [0.25, 0.3) is 0 Å². The highest BCUT2D eigenvalue weighted by atomic mass is 16.5. The maximum absolute atomic E-state index is 12.1. The van der Waals surface area contributed by atoms with Gasteiger partial charge in [0.25, 0.3) is 0 Å². The molecule has 1 rings (SSSR count). The van der Waals surface area contributed by atoms with Crippen molar-refractivity contribution >= 4 is 11.9 Å². The lowest BCUT2D eigenvalue weighted by Gasteiger charge is -2.32. The molecule has 1 heterocycles. The van der Waals surface area contributed by atoms with Gasteiger partial charge in [0.05, 0.1) is 19.1 Å².